The number of rotatable bonds is 6. The predicted molar refractivity (Wildman–Crippen MR) is 116 cm³/mol. The summed E-state index contributed by atoms with van der Waals surface area (Å²) in [6.45, 7) is 2.06. The zero-order chi connectivity index (χ0) is 21.3. The predicted octanol–water partition coefficient (Wildman–Crippen LogP) is 4.27. The Morgan fingerprint density at radius 3 is 2.63 bits per heavy atom. The number of amides is 1. The molecule has 4 rings (SSSR count). The van der Waals surface area contributed by atoms with Gasteiger partial charge in [-0.15, -0.1) is 11.3 Å². The Labute approximate surface area is 178 Å². The topological polar surface area (TPSA) is 92.5 Å². The van der Waals surface area contributed by atoms with Crippen molar-refractivity contribution < 1.29 is 17.6 Å². The minimum absolute atomic E-state index is 0.106. The highest BCUT2D eigenvalue weighted by molar-refractivity contribution is 7.89. The van der Waals surface area contributed by atoms with Gasteiger partial charge in [0.15, 0.2) is 0 Å². The van der Waals surface area contributed by atoms with Crippen LogP contribution in [-0.4, -0.2) is 30.7 Å². The monoisotopic (exact) mass is 441 g/mol. The van der Waals surface area contributed by atoms with Crippen molar-refractivity contribution in [2.75, 3.05) is 12.4 Å². The Morgan fingerprint density at radius 2 is 1.93 bits per heavy atom. The minimum Gasteiger partial charge on any atom is -0.468 e. The molecule has 0 fully saturated rings. The maximum Gasteiger partial charge on any atom is 0.255 e. The summed E-state index contributed by atoms with van der Waals surface area (Å²) in [5.41, 5.74) is 1.91. The molecule has 4 aromatic rings. The summed E-state index contributed by atoms with van der Waals surface area (Å²) in [6, 6.07) is 14.8. The van der Waals surface area contributed by atoms with E-state index in [-0.39, 0.29) is 17.3 Å². The average molecular weight is 442 g/mol. The van der Waals surface area contributed by atoms with E-state index in [2.05, 4.69) is 10.3 Å². The van der Waals surface area contributed by atoms with Gasteiger partial charge in [0.2, 0.25) is 10.0 Å². The summed E-state index contributed by atoms with van der Waals surface area (Å²) in [7, 11) is -2.22. The van der Waals surface area contributed by atoms with Crippen LogP contribution in [0, 0.1) is 6.92 Å². The van der Waals surface area contributed by atoms with Gasteiger partial charge in [-0.2, -0.15) is 4.31 Å². The van der Waals surface area contributed by atoms with Crippen LogP contribution in [0.1, 0.15) is 21.1 Å². The second kappa shape index (κ2) is 8.02. The number of thiazole rings is 1. The normalized spacial score (nSPS) is 11.8. The first kappa shape index (κ1) is 20.3. The molecule has 0 aliphatic rings. The number of benzene rings is 2. The molecule has 0 unspecified atom stereocenters. The van der Waals surface area contributed by atoms with E-state index in [0.29, 0.717) is 17.0 Å². The van der Waals surface area contributed by atoms with E-state index < -0.39 is 10.0 Å². The first-order valence-electron chi connectivity index (χ1n) is 9.10. The van der Waals surface area contributed by atoms with Crippen LogP contribution in [-0.2, 0) is 16.6 Å². The highest BCUT2D eigenvalue weighted by atomic mass is 32.2. The fourth-order valence-corrected chi connectivity index (χ4v) is 4.99. The Kier molecular flexibility index (Phi) is 5.42. The number of nitrogens with zero attached hydrogens (tertiary/aromatic N) is 2. The molecule has 0 aliphatic heterocycles. The van der Waals surface area contributed by atoms with Crippen LogP contribution in [0.4, 0.5) is 5.69 Å². The SMILES string of the molecule is Cc1nc2ccc(NC(=O)c3ccc(S(=O)(=O)N(C)Cc4ccco4)cc3)cc2s1. The number of carbonyl (C=O) groups excluding carboxylic acids is 1. The first-order valence-corrected chi connectivity index (χ1v) is 11.4. The van der Waals surface area contributed by atoms with Crippen molar-refractivity contribution in [2.24, 2.45) is 0 Å². The van der Waals surface area contributed by atoms with Crippen LogP contribution in [0.2, 0.25) is 0 Å². The minimum atomic E-state index is -3.70. The van der Waals surface area contributed by atoms with Gasteiger partial charge in [-0.3, -0.25) is 4.79 Å². The van der Waals surface area contributed by atoms with Crippen molar-refractivity contribution >= 4 is 43.2 Å². The molecule has 1 amide bonds. The summed E-state index contributed by atoms with van der Waals surface area (Å²) >= 11 is 1.56. The van der Waals surface area contributed by atoms with Gasteiger partial charge in [0.1, 0.15) is 5.76 Å². The largest absolute Gasteiger partial charge is 0.468 e. The lowest BCUT2D eigenvalue weighted by Crippen LogP contribution is -2.26. The number of nitrogens with one attached hydrogen (secondary N) is 1. The van der Waals surface area contributed by atoms with Gasteiger partial charge in [0.05, 0.1) is 32.9 Å². The van der Waals surface area contributed by atoms with Gasteiger partial charge >= 0.3 is 0 Å². The molecule has 30 heavy (non-hydrogen) atoms. The van der Waals surface area contributed by atoms with E-state index >= 15 is 0 Å². The molecule has 1 N–H and O–H groups in total. The van der Waals surface area contributed by atoms with Crippen LogP contribution in [0.5, 0.6) is 0 Å². The molecule has 2 aromatic carbocycles. The second-order valence-corrected chi connectivity index (χ2v) is 10.0. The number of fused-ring (bicyclic) bond motifs is 1. The Hall–Kier alpha value is -3.01. The van der Waals surface area contributed by atoms with Crippen molar-refractivity contribution in [3.05, 3.63) is 77.2 Å². The third-order valence-corrected chi connectivity index (χ3v) is 7.29. The Bertz CT molecular complexity index is 1290. The lowest BCUT2D eigenvalue weighted by atomic mass is 10.2. The van der Waals surface area contributed by atoms with E-state index in [1.807, 2.05) is 19.1 Å². The zero-order valence-electron chi connectivity index (χ0n) is 16.3. The molecule has 0 radical (unpaired) electrons. The number of anilines is 1. The van der Waals surface area contributed by atoms with Crippen LogP contribution in [0.3, 0.4) is 0 Å². The molecule has 0 atom stereocenters. The molecular weight excluding hydrogens is 422 g/mol. The maximum atomic E-state index is 12.7. The molecule has 0 bridgehead atoms. The Morgan fingerprint density at radius 1 is 1.17 bits per heavy atom. The zero-order valence-corrected chi connectivity index (χ0v) is 18.0. The molecule has 0 saturated carbocycles. The molecule has 0 spiro atoms. The molecule has 2 aromatic heterocycles. The highest BCUT2D eigenvalue weighted by Crippen LogP contribution is 2.25. The first-order chi connectivity index (χ1) is 14.3. The number of aromatic nitrogens is 1. The summed E-state index contributed by atoms with van der Waals surface area (Å²) in [4.78, 5) is 17.1. The molecule has 2 heterocycles. The van der Waals surface area contributed by atoms with Gasteiger partial charge in [0.25, 0.3) is 5.91 Å². The summed E-state index contributed by atoms with van der Waals surface area (Å²) in [5.74, 6) is 0.230. The number of sulfonamides is 1. The third-order valence-electron chi connectivity index (χ3n) is 4.54. The molecule has 154 valence electrons. The van der Waals surface area contributed by atoms with E-state index in [0.717, 1.165) is 15.2 Å². The molecular formula is C21H19N3O4S2. The van der Waals surface area contributed by atoms with Gasteiger partial charge in [-0.25, -0.2) is 13.4 Å². The maximum absolute atomic E-state index is 12.7. The van der Waals surface area contributed by atoms with E-state index in [9.17, 15) is 13.2 Å². The summed E-state index contributed by atoms with van der Waals surface area (Å²) < 4.78 is 32.9. The van der Waals surface area contributed by atoms with Crippen LogP contribution in [0.25, 0.3) is 10.2 Å². The van der Waals surface area contributed by atoms with Gasteiger partial charge in [0, 0.05) is 18.3 Å². The van der Waals surface area contributed by atoms with Gasteiger partial charge < -0.3 is 9.73 Å². The van der Waals surface area contributed by atoms with Crippen molar-refractivity contribution in [1.29, 1.82) is 0 Å². The lowest BCUT2D eigenvalue weighted by molar-refractivity contribution is 0.102. The van der Waals surface area contributed by atoms with Gasteiger partial charge in [-0.05, 0) is 61.5 Å². The number of hydrogen-bond donors (Lipinski definition) is 1. The van der Waals surface area contributed by atoms with Crippen molar-refractivity contribution in [1.82, 2.24) is 9.29 Å². The lowest BCUT2D eigenvalue weighted by Gasteiger charge is -2.16. The quantitative estimate of drug-likeness (QED) is 0.482. The van der Waals surface area contributed by atoms with Crippen molar-refractivity contribution in [3.63, 3.8) is 0 Å². The molecule has 0 saturated heterocycles. The number of carbonyl (C=O) groups is 1. The van der Waals surface area contributed by atoms with E-state index in [1.165, 1.54) is 41.9 Å². The van der Waals surface area contributed by atoms with Crippen molar-refractivity contribution in [3.8, 4) is 0 Å². The molecule has 0 aliphatic carbocycles. The fourth-order valence-electron chi connectivity index (χ4n) is 2.99. The molecule has 9 heteroatoms. The van der Waals surface area contributed by atoms with Crippen LogP contribution < -0.4 is 5.32 Å². The third kappa shape index (κ3) is 4.13. The highest BCUT2D eigenvalue weighted by Gasteiger charge is 2.22. The van der Waals surface area contributed by atoms with Crippen LogP contribution in [0.15, 0.2) is 70.2 Å². The van der Waals surface area contributed by atoms with Gasteiger partial charge in [-0.1, -0.05) is 0 Å². The Balaban J connectivity index is 1.48. The fraction of sp³-hybridized carbons (Fsp3) is 0.143. The van der Waals surface area contributed by atoms with Crippen molar-refractivity contribution in [2.45, 2.75) is 18.4 Å². The van der Waals surface area contributed by atoms with E-state index in [1.54, 1.807) is 29.5 Å². The summed E-state index contributed by atoms with van der Waals surface area (Å²) in [6.07, 6.45) is 1.50. The molecule has 7 nitrogen and oxygen atoms in total. The average Bonchev–Trinajstić information content (AvgIpc) is 3.36. The summed E-state index contributed by atoms with van der Waals surface area (Å²) in [5, 5.41) is 3.80. The standard InChI is InChI=1S/C21H19N3O4S2/c1-14-22-19-10-7-16(12-20(19)29-14)23-21(25)15-5-8-18(9-6-15)30(26,27)24(2)13-17-4-3-11-28-17/h3-12H,13H2,1-2H3,(H,23,25). The number of aryl methyl sites for hydroxylation is 1. The number of hydrogen-bond acceptors (Lipinski definition) is 6. The smallest absolute Gasteiger partial charge is 0.255 e. The van der Waals surface area contributed by atoms with Crippen LogP contribution >= 0.6 is 11.3 Å². The van der Waals surface area contributed by atoms with E-state index in [4.69, 9.17) is 4.42 Å². The number of furan rings is 1. The second-order valence-electron chi connectivity index (χ2n) is 6.73.